The summed E-state index contributed by atoms with van der Waals surface area (Å²) in [5, 5.41) is 2.33. The molecular weight excluding hydrogens is 643 g/mol. The Morgan fingerprint density at radius 2 is 0.792 bits per heavy atom. The van der Waals surface area contributed by atoms with Crippen molar-refractivity contribution in [2.45, 2.75) is 5.41 Å². The van der Waals surface area contributed by atoms with E-state index in [-0.39, 0.29) is 0 Å². The van der Waals surface area contributed by atoms with Crippen LogP contribution in [0.5, 0.6) is 0 Å². The van der Waals surface area contributed by atoms with Crippen LogP contribution in [0.1, 0.15) is 22.3 Å². The Morgan fingerprint density at radius 1 is 0.321 bits per heavy atom. The van der Waals surface area contributed by atoms with Gasteiger partial charge in [0.1, 0.15) is 0 Å². The van der Waals surface area contributed by atoms with E-state index in [1.54, 1.807) is 0 Å². The summed E-state index contributed by atoms with van der Waals surface area (Å²) in [6.45, 7) is 0. The third kappa shape index (κ3) is 4.25. The average molecular weight is 674 g/mol. The predicted octanol–water partition coefficient (Wildman–Crippen LogP) is 12.0. The van der Waals surface area contributed by atoms with E-state index in [0.29, 0.717) is 5.82 Å². The maximum atomic E-state index is 5.76. The van der Waals surface area contributed by atoms with Gasteiger partial charge in [-0.1, -0.05) is 182 Å². The average Bonchev–Trinajstić information content (AvgIpc) is 3.71. The minimum atomic E-state index is -0.481. The molecule has 7 aromatic carbocycles. The molecule has 2 aliphatic rings. The van der Waals surface area contributed by atoms with Crippen LogP contribution >= 0.6 is 0 Å². The largest absolute Gasteiger partial charge is 0.247 e. The summed E-state index contributed by atoms with van der Waals surface area (Å²) in [5.41, 5.74) is 16.2. The fourth-order valence-corrected chi connectivity index (χ4v) is 8.96. The topological polar surface area (TPSA) is 38.7 Å². The molecule has 0 atom stereocenters. The van der Waals surface area contributed by atoms with Crippen LogP contribution < -0.4 is 0 Å². The lowest BCUT2D eigenvalue weighted by Gasteiger charge is -2.31. The monoisotopic (exact) mass is 673 g/mol. The smallest absolute Gasteiger partial charge is 0.160 e. The number of pyridine rings is 1. The summed E-state index contributed by atoms with van der Waals surface area (Å²) in [4.78, 5) is 16.1. The van der Waals surface area contributed by atoms with Crippen LogP contribution in [0.15, 0.2) is 188 Å². The Bertz CT molecular complexity index is 2790. The first-order valence-electron chi connectivity index (χ1n) is 18.1. The van der Waals surface area contributed by atoms with Gasteiger partial charge in [0.05, 0.1) is 28.2 Å². The second-order valence-corrected chi connectivity index (χ2v) is 13.9. The highest BCUT2D eigenvalue weighted by Crippen LogP contribution is 2.64. The molecule has 0 N–H and O–H groups in total. The number of aromatic nitrogens is 3. The maximum absolute atomic E-state index is 5.76. The molecule has 0 radical (unpaired) electrons. The van der Waals surface area contributed by atoms with Crippen molar-refractivity contribution >= 4 is 10.8 Å². The lowest BCUT2D eigenvalue weighted by Crippen LogP contribution is -2.26. The Balaban J connectivity index is 1.21. The molecule has 1 spiro atoms. The molecule has 53 heavy (non-hydrogen) atoms. The van der Waals surface area contributed by atoms with Gasteiger partial charge in [-0.2, -0.15) is 0 Å². The molecule has 2 heterocycles. The van der Waals surface area contributed by atoms with Crippen LogP contribution in [0, 0.1) is 0 Å². The zero-order valence-corrected chi connectivity index (χ0v) is 28.7. The first-order valence-corrected chi connectivity index (χ1v) is 18.1. The number of benzene rings is 7. The third-order valence-electron chi connectivity index (χ3n) is 11.1. The Labute approximate surface area is 308 Å². The SMILES string of the molecule is c1ccc(-c2cc(-c3ccccc3-c3nc4c(c5ccccc35)C3(c5ccccc5-c5ccccc53)c3ccccc3-4)nc(-c3ccccc3)n2)cc1. The molecule has 0 amide bonds. The summed E-state index contributed by atoms with van der Waals surface area (Å²) in [6, 6.07) is 66.9. The molecule has 2 aliphatic carbocycles. The minimum absolute atomic E-state index is 0.481. The fraction of sp³-hybridized carbons (Fsp3) is 0.0200. The summed E-state index contributed by atoms with van der Waals surface area (Å²) in [6.07, 6.45) is 0. The van der Waals surface area contributed by atoms with Crippen LogP contribution in [0.25, 0.3) is 78.3 Å². The molecule has 0 aliphatic heterocycles. The van der Waals surface area contributed by atoms with E-state index < -0.39 is 5.41 Å². The van der Waals surface area contributed by atoms with Crippen LogP contribution in [-0.4, -0.2) is 15.0 Å². The summed E-state index contributed by atoms with van der Waals surface area (Å²) in [7, 11) is 0. The van der Waals surface area contributed by atoms with Gasteiger partial charge in [0, 0.05) is 38.8 Å². The number of hydrogen-bond acceptors (Lipinski definition) is 3. The highest BCUT2D eigenvalue weighted by atomic mass is 14.9. The zero-order chi connectivity index (χ0) is 34.9. The van der Waals surface area contributed by atoms with Crippen molar-refractivity contribution in [3.63, 3.8) is 0 Å². The Kier molecular flexibility index (Phi) is 6.47. The molecule has 0 saturated heterocycles. The van der Waals surface area contributed by atoms with Crippen molar-refractivity contribution < 1.29 is 0 Å². The highest BCUT2D eigenvalue weighted by molar-refractivity contribution is 6.08. The predicted molar refractivity (Wildman–Crippen MR) is 215 cm³/mol. The number of fused-ring (bicyclic) bond motifs is 12. The molecular formula is C50H31N3. The van der Waals surface area contributed by atoms with Crippen LogP contribution in [0.2, 0.25) is 0 Å². The Morgan fingerprint density at radius 3 is 1.45 bits per heavy atom. The molecule has 3 nitrogen and oxygen atoms in total. The molecule has 0 saturated carbocycles. The van der Waals surface area contributed by atoms with Gasteiger partial charge in [-0.25, -0.2) is 15.0 Å². The number of nitrogens with zero attached hydrogens (tertiary/aromatic N) is 3. The van der Waals surface area contributed by atoms with E-state index in [1.165, 1.54) is 44.3 Å². The van der Waals surface area contributed by atoms with Crippen molar-refractivity contribution in [2.24, 2.45) is 0 Å². The van der Waals surface area contributed by atoms with Crippen LogP contribution in [0.3, 0.4) is 0 Å². The standard InChI is InChI=1S/C50H31N3/c1-3-17-32(18-4-1)44-31-45(52-49(51-44)33-19-5-2-6-20-33)36-23-7-9-25-38(36)47-39-26-10-8-24-37(39)46-48(53-47)40-27-13-16-30-43(40)50(46)41-28-14-11-21-34(41)35-22-12-15-29-42(35)50/h1-31H. The van der Waals surface area contributed by atoms with Crippen molar-refractivity contribution in [1.29, 1.82) is 0 Å². The Hall–Kier alpha value is -6.97. The van der Waals surface area contributed by atoms with Crippen LogP contribution in [-0.2, 0) is 5.41 Å². The van der Waals surface area contributed by atoms with E-state index in [0.717, 1.165) is 50.4 Å². The van der Waals surface area contributed by atoms with Crippen molar-refractivity contribution in [2.75, 3.05) is 0 Å². The van der Waals surface area contributed by atoms with Gasteiger partial charge in [-0.15, -0.1) is 0 Å². The van der Waals surface area contributed by atoms with E-state index >= 15 is 0 Å². The second-order valence-electron chi connectivity index (χ2n) is 13.9. The number of rotatable bonds is 4. The lowest BCUT2D eigenvalue weighted by molar-refractivity contribution is 0.799. The third-order valence-corrected chi connectivity index (χ3v) is 11.1. The highest BCUT2D eigenvalue weighted by Gasteiger charge is 2.53. The van der Waals surface area contributed by atoms with E-state index in [1.807, 2.05) is 24.3 Å². The first kappa shape index (κ1) is 29.7. The lowest BCUT2D eigenvalue weighted by atomic mass is 9.69. The number of hydrogen-bond donors (Lipinski definition) is 0. The van der Waals surface area contributed by atoms with Gasteiger partial charge >= 0.3 is 0 Å². The molecule has 0 unspecified atom stereocenters. The summed E-state index contributed by atoms with van der Waals surface area (Å²) < 4.78 is 0. The molecule has 246 valence electrons. The molecule has 9 aromatic rings. The summed E-state index contributed by atoms with van der Waals surface area (Å²) in [5.74, 6) is 0.693. The van der Waals surface area contributed by atoms with Gasteiger partial charge in [0.15, 0.2) is 5.82 Å². The van der Waals surface area contributed by atoms with Crippen LogP contribution in [0.4, 0.5) is 0 Å². The zero-order valence-electron chi connectivity index (χ0n) is 28.7. The van der Waals surface area contributed by atoms with E-state index in [2.05, 4.69) is 164 Å². The fourth-order valence-electron chi connectivity index (χ4n) is 8.96. The summed E-state index contributed by atoms with van der Waals surface area (Å²) >= 11 is 0. The maximum Gasteiger partial charge on any atom is 0.160 e. The molecule has 11 rings (SSSR count). The molecule has 0 fully saturated rings. The minimum Gasteiger partial charge on any atom is -0.247 e. The van der Waals surface area contributed by atoms with E-state index in [4.69, 9.17) is 15.0 Å². The quantitative estimate of drug-likeness (QED) is 0.187. The van der Waals surface area contributed by atoms with Crippen molar-refractivity contribution in [1.82, 2.24) is 15.0 Å². The van der Waals surface area contributed by atoms with Gasteiger partial charge in [0.2, 0.25) is 0 Å². The van der Waals surface area contributed by atoms with E-state index in [9.17, 15) is 0 Å². The first-order chi connectivity index (χ1) is 26.3. The molecule has 2 aromatic heterocycles. The second kappa shape index (κ2) is 11.5. The molecule has 3 heteroatoms. The molecule has 0 bridgehead atoms. The van der Waals surface area contributed by atoms with Gasteiger partial charge in [-0.3, -0.25) is 0 Å². The normalized spacial score (nSPS) is 13.1. The van der Waals surface area contributed by atoms with Gasteiger partial charge < -0.3 is 0 Å². The van der Waals surface area contributed by atoms with Crippen molar-refractivity contribution in [3.8, 4) is 67.5 Å². The van der Waals surface area contributed by atoms with Gasteiger partial charge in [-0.05, 0) is 39.3 Å². The van der Waals surface area contributed by atoms with Gasteiger partial charge in [0.25, 0.3) is 0 Å². The van der Waals surface area contributed by atoms with Crippen molar-refractivity contribution in [3.05, 3.63) is 210 Å².